The van der Waals surface area contributed by atoms with Crippen molar-refractivity contribution in [2.45, 2.75) is 88.9 Å². The molecule has 17 heavy (non-hydrogen) atoms. The van der Waals surface area contributed by atoms with Crippen molar-refractivity contribution in [2.75, 3.05) is 7.05 Å². The molecule has 0 bridgehead atoms. The average Bonchev–Trinajstić information content (AvgIpc) is 2.75. The van der Waals surface area contributed by atoms with Crippen LogP contribution in [0.25, 0.3) is 0 Å². The highest BCUT2D eigenvalue weighted by Gasteiger charge is 2.40. The summed E-state index contributed by atoms with van der Waals surface area (Å²) in [5, 5.41) is 3.39. The van der Waals surface area contributed by atoms with Gasteiger partial charge in [-0.2, -0.15) is 0 Å². The Morgan fingerprint density at radius 1 is 1.24 bits per heavy atom. The molecule has 2 rings (SSSR count). The Morgan fingerprint density at radius 2 is 2.00 bits per heavy atom. The Kier molecular flexibility index (Phi) is 4.87. The third-order valence-corrected chi connectivity index (χ3v) is 4.84. The van der Waals surface area contributed by atoms with Crippen molar-refractivity contribution in [1.29, 1.82) is 0 Å². The fraction of sp³-hybridized carbons (Fsp3) is 1.00. The second-order valence-electron chi connectivity index (χ2n) is 5.99. The van der Waals surface area contributed by atoms with E-state index in [1.807, 2.05) is 0 Å². The van der Waals surface area contributed by atoms with Gasteiger partial charge in [-0.15, -0.1) is 0 Å². The molecular formula is C15H29NO. The lowest BCUT2D eigenvalue weighted by Crippen LogP contribution is -2.32. The van der Waals surface area contributed by atoms with Gasteiger partial charge < -0.3 is 10.1 Å². The minimum atomic E-state index is 0.310. The van der Waals surface area contributed by atoms with Crippen LogP contribution >= 0.6 is 0 Å². The van der Waals surface area contributed by atoms with Gasteiger partial charge in [-0.25, -0.2) is 0 Å². The molecule has 1 aliphatic carbocycles. The van der Waals surface area contributed by atoms with Gasteiger partial charge in [0.2, 0.25) is 0 Å². The van der Waals surface area contributed by atoms with E-state index in [2.05, 4.69) is 19.3 Å². The number of hydrogen-bond donors (Lipinski definition) is 1. The van der Waals surface area contributed by atoms with E-state index in [4.69, 9.17) is 4.74 Å². The molecule has 2 fully saturated rings. The first-order chi connectivity index (χ1) is 8.28. The molecule has 0 radical (unpaired) electrons. The molecule has 1 saturated carbocycles. The van der Waals surface area contributed by atoms with Crippen LogP contribution in [0, 0.1) is 0 Å². The van der Waals surface area contributed by atoms with E-state index in [1.165, 1.54) is 64.2 Å². The van der Waals surface area contributed by atoms with Crippen LogP contribution in [-0.4, -0.2) is 24.8 Å². The van der Waals surface area contributed by atoms with Crippen molar-refractivity contribution in [3.63, 3.8) is 0 Å². The monoisotopic (exact) mass is 239 g/mol. The minimum Gasteiger partial charge on any atom is -0.372 e. The predicted molar refractivity (Wildman–Crippen MR) is 72.3 cm³/mol. The molecule has 1 heterocycles. The van der Waals surface area contributed by atoms with Crippen LogP contribution in [0.4, 0.5) is 0 Å². The molecule has 0 aromatic heterocycles. The number of rotatable bonds is 5. The van der Waals surface area contributed by atoms with Crippen LogP contribution in [0.3, 0.4) is 0 Å². The third-order valence-electron chi connectivity index (χ3n) is 4.84. The Morgan fingerprint density at radius 3 is 2.65 bits per heavy atom. The molecule has 1 spiro atoms. The molecule has 1 saturated heterocycles. The Bertz CT molecular complexity index is 219. The number of nitrogens with one attached hydrogen (secondary N) is 1. The van der Waals surface area contributed by atoms with Crippen molar-refractivity contribution in [3.8, 4) is 0 Å². The van der Waals surface area contributed by atoms with Crippen molar-refractivity contribution in [1.82, 2.24) is 5.32 Å². The summed E-state index contributed by atoms with van der Waals surface area (Å²) in [6.45, 7) is 2.26. The second-order valence-corrected chi connectivity index (χ2v) is 5.99. The van der Waals surface area contributed by atoms with E-state index < -0.39 is 0 Å². The molecule has 2 heteroatoms. The molecule has 0 aromatic rings. The maximum absolute atomic E-state index is 6.40. The minimum absolute atomic E-state index is 0.310. The SMILES string of the molecule is CCC(CCC1CCC2(CCCCC2)O1)NC. The van der Waals surface area contributed by atoms with Gasteiger partial charge in [0.25, 0.3) is 0 Å². The van der Waals surface area contributed by atoms with Crippen LogP contribution in [-0.2, 0) is 4.74 Å². The predicted octanol–water partition coefficient (Wildman–Crippen LogP) is 3.65. The van der Waals surface area contributed by atoms with Crippen LogP contribution in [0.2, 0.25) is 0 Å². The molecule has 2 atom stereocenters. The van der Waals surface area contributed by atoms with Crippen molar-refractivity contribution < 1.29 is 4.74 Å². The lowest BCUT2D eigenvalue weighted by molar-refractivity contribution is -0.0665. The summed E-state index contributed by atoms with van der Waals surface area (Å²) in [5.74, 6) is 0. The first-order valence-corrected chi connectivity index (χ1v) is 7.63. The zero-order chi connectivity index (χ0) is 12.1. The highest BCUT2D eigenvalue weighted by atomic mass is 16.5. The molecule has 1 aliphatic heterocycles. The van der Waals surface area contributed by atoms with Gasteiger partial charge in [0, 0.05) is 6.04 Å². The Balaban J connectivity index is 1.73. The molecule has 100 valence electrons. The Hall–Kier alpha value is -0.0800. The van der Waals surface area contributed by atoms with E-state index >= 15 is 0 Å². The van der Waals surface area contributed by atoms with Gasteiger partial charge in [0.1, 0.15) is 0 Å². The zero-order valence-corrected chi connectivity index (χ0v) is 11.6. The van der Waals surface area contributed by atoms with Crippen LogP contribution in [0.15, 0.2) is 0 Å². The average molecular weight is 239 g/mol. The summed E-state index contributed by atoms with van der Waals surface area (Å²) in [6, 6.07) is 0.682. The van der Waals surface area contributed by atoms with Crippen molar-refractivity contribution in [3.05, 3.63) is 0 Å². The molecule has 2 nitrogen and oxygen atoms in total. The van der Waals surface area contributed by atoms with Gasteiger partial charge in [0.15, 0.2) is 0 Å². The van der Waals surface area contributed by atoms with Crippen LogP contribution < -0.4 is 5.32 Å². The maximum Gasteiger partial charge on any atom is 0.0687 e. The highest BCUT2D eigenvalue weighted by molar-refractivity contribution is 4.91. The third kappa shape index (κ3) is 3.45. The fourth-order valence-corrected chi connectivity index (χ4v) is 3.60. The lowest BCUT2D eigenvalue weighted by atomic mass is 9.83. The van der Waals surface area contributed by atoms with Crippen LogP contribution in [0.5, 0.6) is 0 Å². The topological polar surface area (TPSA) is 21.3 Å². The second kappa shape index (κ2) is 6.19. The van der Waals surface area contributed by atoms with Gasteiger partial charge in [-0.05, 0) is 52.0 Å². The largest absolute Gasteiger partial charge is 0.372 e. The normalized spacial score (nSPS) is 29.6. The summed E-state index contributed by atoms with van der Waals surface area (Å²) in [4.78, 5) is 0. The smallest absolute Gasteiger partial charge is 0.0687 e. The van der Waals surface area contributed by atoms with Crippen molar-refractivity contribution >= 4 is 0 Å². The van der Waals surface area contributed by atoms with Crippen molar-refractivity contribution in [2.24, 2.45) is 0 Å². The van der Waals surface area contributed by atoms with Gasteiger partial charge in [-0.1, -0.05) is 26.2 Å². The van der Waals surface area contributed by atoms with E-state index in [-0.39, 0.29) is 0 Å². The summed E-state index contributed by atoms with van der Waals surface area (Å²) >= 11 is 0. The maximum atomic E-state index is 6.40. The van der Waals surface area contributed by atoms with Gasteiger partial charge in [0.05, 0.1) is 11.7 Å². The molecule has 0 amide bonds. The van der Waals surface area contributed by atoms with Gasteiger partial charge in [-0.3, -0.25) is 0 Å². The summed E-state index contributed by atoms with van der Waals surface area (Å²) in [5.41, 5.74) is 0.310. The lowest BCUT2D eigenvalue weighted by Gasteiger charge is -2.33. The van der Waals surface area contributed by atoms with E-state index in [1.54, 1.807) is 0 Å². The highest BCUT2D eigenvalue weighted by Crippen LogP contribution is 2.42. The summed E-state index contributed by atoms with van der Waals surface area (Å²) < 4.78 is 6.40. The van der Waals surface area contributed by atoms with Crippen LogP contribution in [0.1, 0.15) is 71.1 Å². The first-order valence-electron chi connectivity index (χ1n) is 7.63. The summed E-state index contributed by atoms with van der Waals surface area (Å²) in [6.07, 6.45) is 13.8. The quantitative estimate of drug-likeness (QED) is 0.791. The molecule has 0 aromatic carbocycles. The summed E-state index contributed by atoms with van der Waals surface area (Å²) in [7, 11) is 2.08. The number of ether oxygens (including phenoxy) is 1. The standard InChI is InChI=1S/C15H29NO/c1-3-13(16-2)7-8-14-9-12-15(17-14)10-5-4-6-11-15/h13-14,16H,3-12H2,1-2H3. The van der Waals surface area contributed by atoms with E-state index in [9.17, 15) is 0 Å². The molecule has 2 aliphatic rings. The molecular weight excluding hydrogens is 210 g/mol. The Labute approximate surface area is 107 Å². The zero-order valence-electron chi connectivity index (χ0n) is 11.6. The number of hydrogen-bond acceptors (Lipinski definition) is 2. The molecule has 1 N–H and O–H groups in total. The fourth-order valence-electron chi connectivity index (χ4n) is 3.60. The first kappa shape index (κ1) is 13.4. The van der Waals surface area contributed by atoms with E-state index in [0.717, 1.165) is 0 Å². The van der Waals surface area contributed by atoms with E-state index in [0.29, 0.717) is 17.7 Å². The van der Waals surface area contributed by atoms with Gasteiger partial charge >= 0.3 is 0 Å². The molecule has 2 unspecified atom stereocenters.